The first-order valence-electron chi connectivity index (χ1n) is 5.08. The standard InChI is InChI=1S/C11H10ClN3O2S/c1-5-6(2)18-11(13-5)15-8-4-3-7(12)9(14-8)10(16)17/h3-4H,1-2H3,(H,16,17)(H,13,14,15). The third kappa shape index (κ3) is 2.60. The van der Waals surface area contributed by atoms with Gasteiger partial charge in [0.05, 0.1) is 10.7 Å². The maximum Gasteiger partial charge on any atom is 0.356 e. The smallest absolute Gasteiger partial charge is 0.356 e. The number of aryl methyl sites for hydroxylation is 2. The van der Waals surface area contributed by atoms with E-state index >= 15 is 0 Å². The van der Waals surface area contributed by atoms with Crippen molar-refractivity contribution in [2.24, 2.45) is 0 Å². The second kappa shape index (κ2) is 4.91. The van der Waals surface area contributed by atoms with Crippen LogP contribution in [0.1, 0.15) is 21.1 Å². The summed E-state index contributed by atoms with van der Waals surface area (Å²) in [4.78, 5) is 20.2. The predicted octanol–water partition coefficient (Wildman–Crippen LogP) is 3.25. The van der Waals surface area contributed by atoms with Crippen molar-refractivity contribution in [3.05, 3.63) is 33.4 Å². The second-order valence-corrected chi connectivity index (χ2v) is 5.23. The summed E-state index contributed by atoms with van der Waals surface area (Å²) in [5, 5.41) is 12.7. The molecule has 0 unspecified atom stereocenters. The van der Waals surface area contributed by atoms with Crippen LogP contribution in [-0.2, 0) is 0 Å². The minimum absolute atomic E-state index is 0.111. The fraction of sp³-hybridized carbons (Fsp3) is 0.182. The highest BCUT2D eigenvalue weighted by atomic mass is 35.5. The number of pyridine rings is 1. The number of nitrogens with zero attached hydrogens (tertiary/aromatic N) is 2. The van der Waals surface area contributed by atoms with Crippen LogP contribution in [0.15, 0.2) is 12.1 Å². The van der Waals surface area contributed by atoms with Gasteiger partial charge in [0, 0.05) is 4.88 Å². The normalized spacial score (nSPS) is 10.4. The van der Waals surface area contributed by atoms with Gasteiger partial charge in [0.1, 0.15) is 5.82 Å². The molecule has 0 amide bonds. The van der Waals surface area contributed by atoms with Crippen LogP contribution in [-0.4, -0.2) is 21.0 Å². The molecule has 0 aliphatic rings. The van der Waals surface area contributed by atoms with E-state index in [1.54, 1.807) is 6.07 Å². The zero-order valence-electron chi connectivity index (χ0n) is 9.69. The van der Waals surface area contributed by atoms with Gasteiger partial charge >= 0.3 is 5.97 Å². The molecule has 2 heterocycles. The van der Waals surface area contributed by atoms with Gasteiger partial charge in [-0.25, -0.2) is 14.8 Å². The molecule has 0 aliphatic carbocycles. The maximum absolute atomic E-state index is 10.9. The van der Waals surface area contributed by atoms with E-state index in [-0.39, 0.29) is 10.7 Å². The maximum atomic E-state index is 10.9. The number of hydrogen-bond acceptors (Lipinski definition) is 5. The summed E-state index contributed by atoms with van der Waals surface area (Å²) in [6.07, 6.45) is 0. The molecule has 0 saturated carbocycles. The van der Waals surface area contributed by atoms with Gasteiger partial charge in [0.15, 0.2) is 10.8 Å². The van der Waals surface area contributed by atoms with Crippen molar-refractivity contribution in [3.63, 3.8) is 0 Å². The molecule has 0 aliphatic heterocycles. The van der Waals surface area contributed by atoms with E-state index in [0.717, 1.165) is 10.6 Å². The van der Waals surface area contributed by atoms with Crippen molar-refractivity contribution < 1.29 is 9.90 Å². The monoisotopic (exact) mass is 283 g/mol. The first kappa shape index (κ1) is 12.8. The molecule has 2 N–H and O–H groups in total. The van der Waals surface area contributed by atoms with E-state index in [1.807, 2.05) is 13.8 Å². The van der Waals surface area contributed by atoms with Crippen molar-refractivity contribution >= 4 is 39.9 Å². The zero-order valence-corrected chi connectivity index (χ0v) is 11.3. The summed E-state index contributed by atoms with van der Waals surface area (Å²) in [5.74, 6) is -0.749. The summed E-state index contributed by atoms with van der Waals surface area (Å²) >= 11 is 7.22. The molecule has 0 aromatic carbocycles. The Bertz CT molecular complexity index is 593. The zero-order chi connectivity index (χ0) is 13.3. The van der Waals surface area contributed by atoms with Crippen molar-refractivity contribution in [2.45, 2.75) is 13.8 Å². The summed E-state index contributed by atoms with van der Waals surface area (Å²) in [5.41, 5.74) is 0.765. The fourth-order valence-electron chi connectivity index (χ4n) is 1.30. The number of carboxylic acid groups (broad SMARTS) is 1. The lowest BCUT2D eigenvalue weighted by atomic mass is 10.3. The summed E-state index contributed by atoms with van der Waals surface area (Å²) in [6.45, 7) is 3.88. The SMILES string of the molecule is Cc1nc(Nc2ccc(Cl)c(C(=O)O)n2)sc1C. The Morgan fingerprint density at radius 2 is 2.11 bits per heavy atom. The highest BCUT2D eigenvalue weighted by Gasteiger charge is 2.12. The molecule has 0 fully saturated rings. The minimum atomic E-state index is -1.16. The van der Waals surface area contributed by atoms with Crippen LogP contribution in [0.4, 0.5) is 10.9 Å². The van der Waals surface area contributed by atoms with Crippen LogP contribution in [0.3, 0.4) is 0 Å². The Labute approximate surface area is 112 Å². The van der Waals surface area contributed by atoms with E-state index in [9.17, 15) is 4.79 Å². The Kier molecular flexibility index (Phi) is 3.49. The summed E-state index contributed by atoms with van der Waals surface area (Å²) in [7, 11) is 0. The molecule has 94 valence electrons. The lowest BCUT2D eigenvalue weighted by molar-refractivity contribution is 0.0691. The first-order valence-corrected chi connectivity index (χ1v) is 6.27. The number of nitrogens with one attached hydrogen (secondary N) is 1. The topological polar surface area (TPSA) is 75.1 Å². The predicted molar refractivity (Wildman–Crippen MR) is 71.1 cm³/mol. The fourth-order valence-corrected chi connectivity index (χ4v) is 2.31. The van der Waals surface area contributed by atoms with Crippen molar-refractivity contribution in [1.29, 1.82) is 0 Å². The van der Waals surface area contributed by atoms with E-state index in [4.69, 9.17) is 16.7 Å². The second-order valence-electron chi connectivity index (χ2n) is 3.62. The molecule has 0 saturated heterocycles. The van der Waals surface area contributed by atoms with Crippen LogP contribution >= 0.6 is 22.9 Å². The lowest BCUT2D eigenvalue weighted by Gasteiger charge is -2.03. The molecule has 2 aromatic heterocycles. The van der Waals surface area contributed by atoms with Crippen LogP contribution in [0.2, 0.25) is 5.02 Å². The van der Waals surface area contributed by atoms with Gasteiger partial charge in [-0.05, 0) is 26.0 Å². The van der Waals surface area contributed by atoms with E-state index in [1.165, 1.54) is 17.4 Å². The lowest BCUT2D eigenvalue weighted by Crippen LogP contribution is -2.03. The molecule has 0 radical (unpaired) electrons. The summed E-state index contributed by atoms with van der Waals surface area (Å²) in [6, 6.07) is 3.11. The third-order valence-corrected chi connectivity index (χ3v) is 3.61. The number of aromatic carboxylic acids is 1. The van der Waals surface area contributed by atoms with Gasteiger partial charge in [0.2, 0.25) is 0 Å². The molecule has 2 rings (SSSR count). The van der Waals surface area contributed by atoms with E-state index in [2.05, 4.69) is 15.3 Å². The Morgan fingerprint density at radius 1 is 1.39 bits per heavy atom. The van der Waals surface area contributed by atoms with Crippen LogP contribution in [0.25, 0.3) is 0 Å². The van der Waals surface area contributed by atoms with Gasteiger partial charge in [0.25, 0.3) is 0 Å². The Morgan fingerprint density at radius 3 is 2.67 bits per heavy atom. The van der Waals surface area contributed by atoms with Gasteiger partial charge in [-0.2, -0.15) is 0 Å². The number of hydrogen-bond donors (Lipinski definition) is 2. The molecule has 7 heteroatoms. The molecular formula is C11H10ClN3O2S. The average molecular weight is 284 g/mol. The molecule has 2 aromatic rings. The molecular weight excluding hydrogens is 274 g/mol. The number of anilines is 2. The number of carboxylic acids is 1. The van der Waals surface area contributed by atoms with E-state index in [0.29, 0.717) is 10.9 Å². The van der Waals surface area contributed by atoms with Gasteiger partial charge in [-0.1, -0.05) is 11.6 Å². The molecule has 0 spiro atoms. The Balaban J connectivity index is 2.29. The number of aromatic nitrogens is 2. The van der Waals surface area contributed by atoms with Gasteiger partial charge in [-0.3, -0.25) is 0 Å². The van der Waals surface area contributed by atoms with Crippen molar-refractivity contribution in [3.8, 4) is 0 Å². The van der Waals surface area contributed by atoms with Gasteiger partial charge < -0.3 is 10.4 Å². The first-order chi connectivity index (χ1) is 8.47. The minimum Gasteiger partial charge on any atom is -0.476 e. The Hall–Kier alpha value is -1.66. The molecule has 5 nitrogen and oxygen atoms in total. The van der Waals surface area contributed by atoms with Crippen molar-refractivity contribution in [1.82, 2.24) is 9.97 Å². The van der Waals surface area contributed by atoms with E-state index < -0.39 is 5.97 Å². The number of thiazole rings is 1. The van der Waals surface area contributed by atoms with Crippen LogP contribution < -0.4 is 5.32 Å². The molecule has 0 bridgehead atoms. The highest BCUT2D eigenvalue weighted by molar-refractivity contribution is 7.15. The largest absolute Gasteiger partial charge is 0.476 e. The van der Waals surface area contributed by atoms with Crippen LogP contribution in [0.5, 0.6) is 0 Å². The number of halogens is 1. The molecule has 18 heavy (non-hydrogen) atoms. The summed E-state index contributed by atoms with van der Waals surface area (Å²) < 4.78 is 0. The highest BCUT2D eigenvalue weighted by Crippen LogP contribution is 2.25. The van der Waals surface area contributed by atoms with Crippen LogP contribution in [0, 0.1) is 13.8 Å². The van der Waals surface area contributed by atoms with Crippen molar-refractivity contribution in [2.75, 3.05) is 5.32 Å². The number of rotatable bonds is 3. The quantitative estimate of drug-likeness (QED) is 0.904. The van der Waals surface area contributed by atoms with Gasteiger partial charge in [-0.15, -0.1) is 11.3 Å². The average Bonchev–Trinajstić information content (AvgIpc) is 2.60. The molecule has 0 atom stereocenters. The number of carbonyl (C=O) groups is 1. The third-order valence-electron chi connectivity index (χ3n) is 2.31.